The zero-order chi connectivity index (χ0) is 19.2. The lowest BCUT2D eigenvalue weighted by Gasteiger charge is -2.30. The molecule has 0 saturated heterocycles. The summed E-state index contributed by atoms with van der Waals surface area (Å²) in [5.74, 6) is -0.332. The van der Waals surface area contributed by atoms with E-state index in [4.69, 9.17) is 0 Å². The van der Waals surface area contributed by atoms with E-state index in [1.807, 2.05) is 72.8 Å². The maximum atomic E-state index is 12.6. The molecule has 1 aromatic heterocycles. The Balaban J connectivity index is 1.54. The molecule has 3 aromatic rings. The second-order valence-electron chi connectivity index (χ2n) is 6.47. The van der Waals surface area contributed by atoms with Gasteiger partial charge in [-0.3, -0.25) is 15.2 Å². The van der Waals surface area contributed by atoms with Gasteiger partial charge >= 0.3 is 0 Å². The van der Waals surface area contributed by atoms with Gasteiger partial charge in [0.15, 0.2) is 0 Å². The molecule has 1 amide bonds. The Morgan fingerprint density at radius 3 is 2.29 bits per heavy atom. The van der Waals surface area contributed by atoms with Crippen LogP contribution >= 0.6 is 0 Å². The average Bonchev–Trinajstić information content (AvgIpc) is 3.23. The van der Waals surface area contributed by atoms with Gasteiger partial charge in [-0.25, -0.2) is 5.43 Å². The third-order valence-electron chi connectivity index (χ3n) is 4.67. The van der Waals surface area contributed by atoms with Gasteiger partial charge < -0.3 is 0 Å². The number of nitrogens with one attached hydrogen (secondary N) is 2. The summed E-state index contributed by atoms with van der Waals surface area (Å²) in [5, 5.41) is 8.34. The molecule has 0 radical (unpaired) electrons. The summed E-state index contributed by atoms with van der Waals surface area (Å²) >= 11 is 0. The predicted molar refractivity (Wildman–Crippen MR) is 109 cm³/mol. The van der Waals surface area contributed by atoms with Crippen LogP contribution in [0.15, 0.2) is 95.4 Å². The van der Waals surface area contributed by atoms with Gasteiger partial charge in [-0.1, -0.05) is 66.7 Å². The maximum absolute atomic E-state index is 12.6. The van der Waals surface area contributed by atoms with Crippen molar-refractivity contribution in [2.45, 2.75) is 12.0 Å². The minimum atomic E-state index is -0.581. The van der Waals surface area contributed by atoms with Gasteiger partial charge in [0.05, 0.1) is 6.21 Å². The van der Waals surface area contributed by atoms with E-state index in [0.29, 0.717) is 12.1 Å². The Kier molecular flexibility index (Phi) is 4.93. The number of carbonyl (C=O) groups excluding carboxylic acids is 1. The summed E-state index contributed by atoms with van der Waals surface area (Å²) in [5.41, 5.74) is 8.47. The van der Waals surface area contributed by atoms with E-state index in [1.54, 1.807) is 18.6 Å². The number of hydrogen-bond donors (Lipinski definition) is 2. The lowest BCUT2D eigenvalue weighted by molar-refractivity contribution is -0.114. The lowest BCUT2D eigenvalue weighted by Crippen LogP contribution is -2.38. The minimum Gasteiger partial charge on any atom is -0.294 e. The molecule has 0 unspecified atom stereocenters. The molecule has 0 bridgehead atoms. The largest absolute Gasteiger partial charge is 0.294 e. The van der Waals surface area contributed by atoms with Gasteiger partial charge in [-0.15, -0.1) is 0 Å². The average molecular weight is 369 g/mol. The van der Waals surface area contributed by atoms with E-state index in [1.165, 1.54) is 0 Å². The second-order valence-corrected chi connectivity index (χ2v) is 6.47. The highest BCUT2D eigenvalue weighted by Crippen LogP contribution is 2.36. The van der Waals surface area contributed by atoms with E-state index in [9.17, 15) is 4.79 Å². The fourth-order valence-corrected chi connectivity index (χ4v) is 3.25. The van der Waals surface area contributed by atoms with Crippen molar-refractivity contribution in [1.29, 1.82) is 0 Å². The van der Waals surface area contributed by atoms with Crippen molar-refractivity contribution < 1.29 is 4.79 Å². The van der Waals surface area contributed by atoms with E-state index in [-0.39, 0.29) is 5.91 Å². The first-order valence-corrected chi connectivity index (χ1v) is 8.96. The number of benzene rings is 2. The van der Waals surface area contributed by atoms with Crippen LogP contribution in [-0.4, -0.2) is 22.8 Å². The molecule has 28 heavy (non-hydrogen) atoms. The molecule has 4 rings (SSSR count). The van der Waals surface area contributed by atoms with E-state index in [0.717, 1.165) is 16.7 Å². The number of pyridine rings is 1. The number of rotatable bonds is 5. The molecule has 1 aliphatic rings. The fourth-order valence-electron chi connectivity index (χ4n) is 3.25. The van der Waals surface area contributed by atoms with Crippen LogP contribution < -0.4 is 10.9 Å². The Labute approximate surface area is 163 Å². The van der Waals surface area contributed by atoms with Crippen LogP contribution in [0.3, 0.4) is 0 Å². The monoisotopic (exact) mass is 369 g/mol. The molecule has 0 saturated carbocycles. The summed E-state index contributed by atoms with van der Waals surface area (Å²) < 4.78 is 0. The lowest BCUT2D eigenvalue weighted by atomic mass is 9.80. The molecule has 1 aliphatic heterocycles. The molecule has 6 heteroatoms. The van der Waals surface area contributed by atoms with Gasteiger partial charge in [0, 0.05) is 24.4 Å². The second kappa shape index (κ2) is 7.84. The third-order valence-corrected chi connectivity index (χ3v) is 4.67. The van der Waals surface area contributed by atoms with Crippen LogP contribution in [0.1, 0.15) is 23.1 Å². The standard InChI is InChI=1S/C22H19N5O/c28-21(26-24-16-17-8-7-13-23-15-17)20-14-22(27-25-20,18-9-3-1-4-10-18)19-11-5-2-6-12-19/h1-13,15-16,27H,14H2,(H,26,28)/b24-16+. The van der Waals surface area contributed by atoms with Crippen molar-refractivity contribution in [2.24, 2.45) is 10.2 Å². The fraction of sp³-hybridized carbons (Fsp3) is 0.0909. The molecule has 138 valence electrons. The molecule has 0 aliphatic carbocycles. The molecule has 0 spiro atoms. The highest BCUT2D eigenvalue weighted by molar-refractivity contribution is 6.39. The summed E-state index contributed by atoms with van der Waals surface area (Å²) in [6.07, 6.45) is 5.33. The molecule has 2 heterocycles. The topological polar surface area (TPSA) is 78.7 Å². The quantitative estimate of drug-likeness (QED) is 0.536. The van der Waals surface area contributed by atoms with Crippen molar-refractivity contribution in [3.8, 4) is 0 Å². The molecule has 6 nitrogen and oxygen atoms in total. The Morgan fingerprint density at radius 1 is 1.00 bits per heavy atom. The van der Waals surface area contributed by atoms with Gasteiger partial charge in [0.1, 0.15) is 11.3 Å². The minimum absolute atomic E-state index is 0.332. The molecule has 0 fully saturated rings. The molecule has 2 N–H and O–H groups in total. The Morgan fingerprint density at radius 2 is 1.68 bits per heavy atom. The van der Waals surface area contributed by atoms with Gasteiger partial charge in [0.25, 0.3) is 5.91 Å². The Bertz CT molecular complexity index is 961. The summed E-state index contributed by atoms with van der Waals surface area (Å²) in [4.78, 5) is 16.6. The van der Waals surface area contributed by atoms with Crippen molar-refractivity contribution in [1.82, 2.24) is 15.8 Å². The normalized spacial score (nSPS) is 15.1. The SMILES string of the molecule is O=C(N/N=C/c1cccnc1)C1=NNC(c2ccccc2)(c2ccccc2)C1. The summed E-state index contributed by atoms with van der Waals surface area (Å²) in [6, 6.07) is 23.7. The predicted octanol–water partition coefficient (Wildman–Crippen LogP) is 2.82. The first-order valence-electron chi connectivity index (χ1n) is 8.96. The van der Waals surface area contributed by atoms with Crippen LogP contribution in [0, 0.1) is 0 Å². The van der Waals surface area contributed by atoms with Crippen LogP contribution in [0.5, 0.6) is 0 Å². The van der Waals surface area contributed by atoms with E-state index >= 15 is 0 Å². The molecule has 2 aromatic carbocycles. The number of carbonyl (C=O) groups is 1. The number of nitrogens with zero attached hydrogens (tertiary/aromatic N) is 3. The van der Waals surface area contributed by atoms with Crippen LogP contribution in [0.25, 0.3) is 0 Å². The number of amides is 1. The Hall–Kier alpha value is -3.80. The van der Waals surface area contributed by atoms with Crippen molar-refractivity contribution in [3.05, 3.63) is 102 Å². The highest BCUT2D eigenvalue weighted by Gasteiger charge is 2.41. The van der Waals surface area contributed by atoms with Crippen LogP contribution in [-0.2, 0) is 10.3 Å². The van der Waals surface area contributed by atoms with Crippen molar-refractivity contribution in [3.63, 3.8) is 0 Å². The van der Waals surface area contributed by atoms with Gasteiger partial charge in [-0.2, -0.15) is 10.2 Å². The summed E-state index contributed by atoms with van der Waals surface area (Å²) in [6.45, 7) is 0. The summed E-state index contributed by atoms with van der Waals surface area (Å²) in [7, 11) is 0. The third kappa shape index (κ3) is 3.53. The van der Waals surface area contributed by atoms with Crippen molar-refractivity contribution in [2.75, 3.05) is 0 Å². The highest BCUT2D eigenvalue weighted by atomic mass is 16.2. The first kappa shape index (κ1) is 17.6. The zero-order valence-corrected chi connectivity index (χ0v) is 15.1. The van der Waals surface area contributed by atoms with Crippen LogP contribution in [0.4, 0.5) is 0 Å². The first-order chi connectivity index (χ1) is 13.8. The van der Waals surface area contributed by atoms with E-state index < -0.39 is 5.54 Å². The zero-order valence-electron chi connectivity index (χ0n) is 15.1. The number of hydrogen-bond acceptors (Lipinski definition) is 5. The maximum Gasteiger partial charge on any atom is 0.287 e. The smallest absolute Gasteiger partial charge is 0.287 e. The van der Waals surface area contributed by atoms with Gasteiger partial charge in [-0.05, 0) is 17.2 Å². The van der Waals surface area contributed by atoms with Gasteiger partial charge in [0.2, 0.25) is 0 Å². The van der Waals surface area contributed by atoms with Crippen molar-refractivity contribution >= 4 is 17.8 Å². The molecular weight excluding hydrogens is 350 g/mol. The number of hydrazone groups is 2. The van der Waals surface area contributed by atoms with Crippen LogP contribution in [0.2, 0.25) is 0 Å². The molecular formula is C22H19N5O. The molecule has 0 atom stereocenters. The van der Waals surface area contributed by atoms with E-state index in [2.05, 4.69) is 26.0 Å². The number of aromatic nitrogens is 1.